The van der Waals surface area contributed by atoms with Gasteiger partial charge in [-0.25, -0.2) is 5.43 Å². The lowest BCUT2D eigenvalue weighted by Crippen LogP contribution is -2.24. The number of rotatable bonds is 9. The van der Waals surface area contributed by atoms with Crippen LogP contribution in [-0.2, 0) is 4.79 Å². The molecule has 0 saturated carbocycles. The fourth-order valence-electron chi connectivity index (χ4n) is 2.17. The molecule has 10 heteroatoms. The first-order valence-corrected chi connectivity index (χ1v) is 7.97. The topological polar surface area (TPSA) is 122 Å². The molecule has 2 rings (SSSR count). The molecule has 0 aromatic heterocycles. The third kappa shape index (κ3) is 5.34. The maximum Gasteiger partial charge on any atom is 0.282 e. The summed E-state index contributed by atoms with van der Waals surface area (Å²) in [6.45, 7) is -0.280. The standard InChI is InChI=1S/C18H19N3O7/c1-25-13-4-6-14(7-5-13)28-11-18(22)20-19-10-12-8-16(26-2)17(27-3)9-15(12)21(23)24/h4-10H,11H2,1-3H3,(H,20,22)/b19-10-. The van der Waals surface area contributed by atoms with Crippen molar-refractivity contribution in [3.05, 3.63) is 52.1 Å². The van der Waals surface area contributed by atoms with Crippen molar-refractivity contribution in [3.63, 3.8) is 0 Å². The first kappa shape index (κ1) is 20.5. The Balaban J connectivity index is 2.00. The molecule has 28 heavy (non-hydrogen) atoms. The Labute approximate surface area is 160 Å². The first-order chi connectivity index (χ1) is 13.5. The number of hydrazone groups is 1. The quantitative estimate of drug-likeness (QED) is 0.396. The van der Waals surface area contributed by atoms with Crippen molar-refractivity contribution in [1.29, 1.82) is 0 Å². The zero-order chi connectivity index (χ0) is 20.5. The van der Waals surface area contributed by atoms with Crippen molar-refractivity contribution in [1.82, 2.24) is 5.43 Å². The van der Waals surface area contributed by atoms with E-state index >= 15 is 0 Å². The molecule has 0 heterocycles. The molecular formula is C18H19N3O7. The molecule has 0 aliphatic carbocycles. The molecule has 10 nitrogen and oxygen atoms in total. The number of carbonyl (C=O) groups excluding carboxylic acids is 1. The van der Waals surface area contributed by atoms with Crippen LogP contribution in [0.25, 0.3) is 0 Å². The number of hydrogen-bond donors (Lipinski definition) is 1. The summed E-state index contributed by atoms with van der Waals surface area (Å²) in [6, 6.07) is 9.31. The highest BCUT2D eigenvalue weighted by Gasteiger charge is 2.18. The van der Waals surface area contributed by atoms with E-state index in [4.69, 9.17) is 18.9 Å². The van der Waals surface area contributed by atoms with Gasteiger partial charge in [0.1, 0.15) is 11.5 Å². The van der Waals surface area contributed by atoms with Gasteiger partial charge in [0.05, 0.1) is 44.1 Å². The van der Waals surface area contributed by atoms with E-state index in [-0.39, 0.29) is 23.6 Å². The van der Waals surface area contributed by atoms with Crippen molar-refractivity contribution < 1.29 is 28.7 Å². The predicted molar refractivity (Wildman–Crippen MR) is 100 cm³/mol. The van der Waals surface area contributed by atoms with Gasteiger partial charge in [-0.05, 0) is 30.3 Å². The second-order valence-electron chi connectivity index (χ2n) is 5.28. The third-order valence-corrected chi connectivity index (χ3v) is 3.55. The molecule has 1 N–H and O–H groups in total. The summed E-state index contributed by atoms with van der Waals surface area (Å²) in [5.74, 6) is 1.12. The molecule has 0 radical (unpaired) electrons. The van der Waals surface area contributed by atoms with Gasteiger partial charge < -0.3 is 18.9 Å². The number of carbonyl (C=O) groups is 1. The average molecular weight is 389 g/mol. The SMILES string of the molecule is COc1ccc(OCC(=O)N/N=C\c2cc(OC)c(OC)cc2[N+](=O)[O-])cc1. The van der Waals surface area contributed by atoms with E-state index in [0.717, 1.165) is 6.21 Å². The lowest BCUT2D eigenvalue weighted by Gasteiger charge is -2.08. The number of hydrogen-bond acceptors (Lipinski definition) is 8. The molecule has 0 aliphatic heterocycles. The summed E-state index contributed by atoms with van der Waals surface area (Å²) < 4.78 is 20.5. The number of nitro benzene ring substituents is 1. The summed E-state index contributed by atoms with van der Waals surface area (Å²) >= 11 is 0. The minimum atomic E-state index is -0.585. The van der Waals surface area contributed by atoms with Crippen LogP contribution < -0.4 is 24.4 Å². The van der Waals surface area contributed by atoms with E-state index in [1.807, 2.05) is 0 Å². The molecule has 0 bridgehead atoms. The smallest absolute Gasteiger partial charge is 0.282 e. The summed E-state index contributed by atoms with van der Waals surface area (Å²) in [5.41, 5.74) is 2.14. The molecule has 1 amide bonds. The maximum atomic E-state index is 11.8. The van der Waals surface area contributed by atoms with Crippen LogP contribution in [-0.4, -0.2) is 45.0 Å². The number of nitrogens with zero attached hydrogens (tertiary/aromatic N) is 2. The summed E-state index contributed by atoms with van der Waals surface area (Å²) in [6.07, 6.45) is 1.14. The van der Waals surface area contributed by atoms with E-state index in [1.165, 1.54) is 26.4 Å². The number of amides is 1. The largest absolute Gasteiger partial charge is 0.497 e. The van der Waals surface area contributed by atoms with Gasteiger partial charge in [-0.1, -0.05) is 0 Å². The van der Waals surface area contributed by atoms with Crippen LogP contribution in [0.2, 0.25) is 0 Å². The number of ether oxygens (including phenoxy) is 4. The maximum absolute atomic E-state index is 11.8. The zero-order valence-electron chi connectivity index (χ0n) is 15.5. The van der Waals surface area contributed by atoms with Gasteiger partial charge in [-0.2, -0.15) is 5.10 Å². The van der Waals surface area contributed by atoms with Gasteiger partial charge in [0.15, 0.2) is 18.1 Å². The molecule has 2 aromatic rings. The monoisotopic (exact) mass is 389 g/mol. The van der Waals surface area contributed by atoms with Crippen LogP contribution in [0.1, 0.15) is 5.56 Å². The summed E-state index contributed by atoms with van der Waals surface area (Å²) in [5, 5.41) is 15.0. The normalized spacial score (nSPS) is 10.4. The molecule has 0 spiro atoms. The summed E-state index contributed by atoms with van der Waals surface area (Å²) in [7, 11) is 4.32. The van der Waals surface area contributed by atoms with Crippen molar-refractivity contribution >= 4 is 17.8 Å². The number of benzene rings is 2. The van der Waals surface area contributed by atoms with Crippen LogP contribution in [0.4, 0.5) is 5.69 Å². The minimum Gasteiger partial charge on any atom is -0.497 e. The van der Waals surface area contributed by atoms with Crippen LogP contribution >= 0.6 is 0 Å². The van der Waals surface area contributed by atoms with Gasteiger partial charge >= 0.3 is 0 Å². The van der Waals surface area contributed by atoms with Crippen molar-refractivity contribution in [2.75, 3.05) is 27.9 Å². The molecule has 0 fully saturated rings. The van der Waals surface area contributed by atoms with Crippen molar-refractivity contribution in [3.8, 4) is 23.0 Å². The fraction of sp³-hybridized carbons (Fsp3) is 0.222. The third-order valence-electron chi connectivity index (χ3n) is 3.55. The van der Waals surface area contributed by atoms with E-state index in [9.17, 15) is 14.9 Å². The molecule has 0 saturated heterocycles. The number of methoxy groups -OCH3 is 3. The van der Waals surface area contributed by atoms with Crippen molar-refractivity contribution in [2.45, 2.75) is 0 Å². The Bertz CT molecular complexity index is 866. The second kappa shape index (κ2) is 9.76. The van der Waals surface area contributed by atoms with E-state index in [0.29, 0.717) is 17.2 Å². The van der Waals surface area contributed by atoms with Gasteiger partial charge in [0.2, 0.25) is 0 Å². The molecule has 148 valence electrons. The van der Waals surface area contributed by atoms with Gasteiger partial charge in [-0.3, -0.25) is 14.9 Å². The van der Waals surface area contributed by atoms with Crippen LogP contribution in [0.5, 0.6) is 23.0 Å². The summed E-state index contributed by atoms with van der Waals surface area (Å²) in [4.78, 5) is 22.5. The Morgan fingerprint density at radius 3 is 2.25 bits per heavy atom. The molecule has 2 aromatic carbocycles. The van der Waals surface area contributed by atoms with Crippen LogP contribution in [0, 0.1) is 10.1 Å². The van der Waals surface area contributed by atoms with Crippen LogP contribution in [0.3, 0.4) is 0 Å². The van der Waals surface area contributed by atoms with E-state index in [1.54, 1.807) is 31.4 Å². The molecule has 0 unspecified atom stereocenters. The van der Waals surface area contributed by atoms with Crippen LogP contribution in [0.15, 0.2) is 41.5 Å². The minimum absolute atomic E-state index is 0.138. The average Bonchev–Trinajstić information content (AvgIpc) is 2.71. The Kier molecular flexibility index (Phi) is 7.14. The predicted octanol–water partition coefficient (Wildman–Crippen LogP) is 2.15. The first-order valence-electron chi connectivity index (χ1n) is 7.97. The Morgan fingerprint density at radius 1 is 1.07 bits per heavy atom. The number of nitrogens with one attached hydrogen (secondary N) is 1. The van der Waals surface area contributed by atoms with E-state index < -0.39 is 10.8 Å². The Morgan fingerprint density at radius 2 is 1.68 bits per heavy atom. The fourth-order valence-corrected chi connectivity index (χ4v) is 2.17. The number of nitro groups is 1. The molecular weight excluding hydrogens is 370 g/mol. The highest BCUT2D eigenvalue weighted by Crippen LogP contribution is 2.33. The van der Waals surface area contributed by atoms with Gasteiger partial charge in [-0.15, -0.1) is 0 Å². The van der Waals surface area contributed by atoms with E-state index in [2.05, 4.69) is 10.5 Å². The highest BCUT2D eigenvalue weighted by atomic mass is 16.6. The van der Waals surface area contributed by atoms with Gasteiger partial charge in [0.25, 0.3) is 11.6 Å². The van der Waals surface area contributed by atoms with Gasteiger partial charge in [0, 0.05) is 0 Å². The lowest BCUT2D eigenvalue weighted by atomic mass is 10.1. The highest BCUT2D eigenvalue weighted by molar-refractivity contribution is 5.88. The zero-order valence-corrected chi connectivity index (χ0v) is 15.5. The van der Waals surface area contributed by atoms with Crippen molar-refractivity contribution in [2.24, 2.45) is 5.10 Å². The molecule has 0 atom stereocenters. The second-order valence-corrected chi connectivity index (χ2v) is 5.28. The lowest BCUT2D eigenvalue weighted by molar-refractivity contribution is -0.385. The Hall–Kier alpha value is -3.82. The molecule has 0 aliphatic rings.